The lowest BCUT2D eigenvalue weighted by molar-refractivity contribution is -0.132. The predicted molar refractivity (Wildman–Crippen MR) is 105 cm³/mol. The highest BCUT2D eigenvalue weighted by Crippen LogP contribution is 2.35. The molecule has 29 heavy (non-hydrogen) atoms. The Morgan fingerprint density at radius 3 is 2.52 bits per heavy atom. The largest absolute Gasteiger partial charge is 0.488 e. The molecule has 0 aromatic heterocycles. The number of carbonyl (C=O) groups is 4. The highest BCUT2D eigenvalue weighted by molar-refractivity contribution is 6.42. The zero-order valence-corrected chi connectivity index (χ0v) is 16.6. The van der Waals surface area contributed by atoms with Crippen molar-refractivity contribution in [3.05, 3.63) is 63.1 Å². The van der Waals surface area contributed by atoms with Crippen molar-refractivity contribution in [3.8, 4) is 5.75 Å². The monoisotopic (exact) mass is 431 g/mol. The van der Waals surface area contributed by atoms with Gasteiger partial charge >= 0.3 is 0 Å². The van der Waals surface area contributed by atoms with Gasteiger partial charge in [0.1, 0.15) is 18.1 Å². The van der Waals surface area contributed by atoms with Crippen LogP contribution in [0.2, 0.25) is 10.0 Å². The number of fused-ring (bicyclic) bond motifs is 1. The molecule has 0 spiro atoms. The molecule has 8 heteroatoms. The molecular formula is C21H15Cl2NO5. The first-order valence-electron chi connectivity index (χ1n) is 8.99. The summed E-state index contributed by atoms with van der Waals surface area (Å²) in [4.78, 5) is 50.6. The Bertz CT molecular complexity index is 1070. The number of carbonyl (C=O) groups excluding carboxylic acids is 4. The van der Waals surface area contributed by atoms with Crippen molar-refractivity contribution in [2.24, 2.45) is 0 Å². The second kappa shape index (κ2) is 7.61. The molecule has 0 radical (unpaired) electrons. The van der Waals surface area contributed by atoms with Crippen molar-refractivity contribution >= 4 is 46.6 Å². The summed E-state index contributed by atoms with van der Waals surface area (Å²) in [6.45, 7) is 0.117. The summed E-state index contributed by atoms with van der Waals surface area (Å²) >= 11 is 11.9. The number of rotatable bonds is 4. The van der Waals surface area contributed by atoms with Crippen molar-refractivity contribution in [2.75, 3.05) is 0 Å². The van der Waals surface area contributed by atoms with Gasteiger partial charge in [0, 0.05) is 6.42 Å². The van der Waals surface area contributed by atoms with Crippen LogP contribution in [-0.2, 0) is 16.2 Å². The Hall–Kier alpha value is -2.70. The van der Waals surface area contributed by atoms with Crippen molar-refractivity contribution in [1.29, 1.82) is 0 Å². The van der Waals surface area contributed by atoms with Gasteiger partial charge in [0.05, 0.1) is 33.6 Å². The summed E-state index contributed by atoms with van der Waals surface area (Å²) in [6, 6.07) is 8.87. The predicted octanol–water partition coefficient (Wildman–Crippen LogP) is 3.86. The fourth-order valence-corrected chi connectivity index (χ4v) is 3.92. The molecule has 148 valence electrons. The molecule has 1 fully saturated rings. The highest BCUT2D eigenvalue weighted by Gasteiger charge is 2.45. The van der Waals surface area contributed by atoms with Gasteiger partial charge in [-0.25, -0.2) is 0 Å². The number of benzene rings is 2. The van der Waals surface area contributed by atoms with Crippen molar-refractivity contribution < 1.29 is 23.9 Å². The fourth-order valence-electron chi connectivity index (χ4n) is 3.60. The zero-order valence-electron chi connectivity index (χ0n) is 15.1. The first kappa shape index (κ1) is 19.6. The molecule has 0 saturated heterocycles. The smallest absolute Gasteiger partial charge is 0.266 e. The van der Waals surface area contributed by atoms with Crippen LogP contribution in [0.3, 0.4) is 0 Å². The molecular weight excluding hydrogens is 417 g/mol. The topological polar surface area (TPSA) is 80.8 Å². The minimum atomic E-state index is -0.914. The van der Waals surface area contributed by atoms with Gasteiger partial charge in [0.2, 0.25) is 0 Å². The van der Waals surface area contributed by atoms with Crippen LogP contribution in [0.15, 0.2) is 36.4 Å². The van der Waals surface area contributed by atoms with Crippen LogP contribution in [0, 0.1) is 0 Å². The first-order chi connectivity index (χ1) is 13.9. The van der Waals surface area contributed by atoms with E-state index < -0.39 is 23.6 Å². The number of ether oxygens (including phenoxy) is 1. The number of hydrogen-bond acceptors (Lipinski definition) is 5. The maximum Gasteiger partial charge on any atom is 0.266 e. The van der Waals surface area contributed by atoms with Gasteiger partial charge in [-0.3, -0.25) is 24.1 Å². The fraction of sp³-hybridized carbons (Fsp3) is 0.238. The van der Waals surface area contributed by atoms with E-state index in [0.29, 0.717) is 10.0 Å². The van der Waals surface area contributed by atoms with Crippen LogP contribution in [0.4, 0.5) is 0 Å². The third kappa shape index (κ3) is 3.54. The Labute approximate surface area is 176 Å². The minimum absolute atomic E-state index is 0.117. The molecule has 2 aliphatic rings. The average Bonchev–Trinajstić information content (AvgIpc) is 2.94. The lowest BCUT2D eigenvalue weighted by atomic mass is 9.92. The van der Waals surface area contributed by atoms with Gasteiger partial charge in [0.15, 0.2) is 5.78 Å². The van der Waals surface area contributed by atoms with E-state index in [-0.39, 0.29) is 48.5 Å². The van der Waals surface area contributed by atoms with E-state index in [0.717, 1.165) is 10.5 Å². The summed E-state index contributed by atoms with van der Waals surface area (Å²) in [5.74, 6) is -1.46. The number of ketones is 2. The van der Waals surface area contributed by atoms with Crippen LogP contribution in [-0.4, -0.2) is 34.3 Å². The molecule has 1 atom stereocenters. The van der Waals surface area contributed by atoms with Crippen molar-refractivity contribution in [2.45, 2.75) is 31.9 Å². The van der Waals surface area contributed by atoms with Crippen LogP contribution in [0.5, 0.6) is 5.75 Å². The third-order valence-electron chi connectivity index (χ3n) is 5.04. The van der Waals surface area contributed by atoms with Crippen LogP contribution < -0.4 is 4.74 Å². The Morgan fingerprint density at radius 1 is 1.00 bits per heavy atom. The van der Waals surface area contributed by atoms with E-state index >= 15 is 0 Å². The third-order valence-corrected chi connectivity index (χ3v) is 5.78. The highest BCUT2D eigenvalue weighted by atomic mass is 35.5. The van der Waals surface area contributed by atoms with Gasteiger partial charge < -0.3 is 4.74 Å². The van der Waals surface area contributed by atoms with E-state index in [9.17, 15) is 19.2 Å². The Kier molecular flexibility index (Phi) is 5.15. The normalized spacial score (nSPS) is 19.0. The second-order valence-corrected chi connectivity index (χ2v) is 7.75. The number of nitrogens with zero attached hydrogens (tertiary/aromatic N) is 1. The molecule has 1 unspecified atom stereocenters. The summed E-state index contributed by atoms with van der Waals surface area (Å²) < 4.78 is 5.79. The molecule has 1 heterocycles. The SMILES string of the molecule is O=C1CCC(N2C(=O)c3cccc(OCc4ccc(Cl)c(Cl)c4)c3C2=O)C(=O)C1. The van der Waals surface area contributed by atoms with E-state index in [1.165, 1.54) is 6.07 Å². The number of hydrogen-bond donors (Lipinski definition) is 0. The molecule has 1 aliphatic carbocycles. The molecule has 2 aromatic rings. The standard InChI is InChI=1S/C21H15Cl2NO5/c22-14-6-4-11(8-15(14)23)10-29-18-3-1-2-13-19(18)21(28)24(20(13)27)16-7-5-12(25)9-17(16)26/h1-4,6,8,16H,5,7,9-10H2. The van der Waals surface area contributed by atoms with E-state index in [4.69, 9.17) is 27.9 Å². The van der Waals surface area contributed by atoms with Gasteiger partial charge in [-0.15, -0.1) is 0 Å². The maximum absolute atomic E-state index is 13.0. The molecule has 0 bridgehead atoms. The summed E-state index contributed by atoms with van der Waals surface area (Å²) in [5.41, 5.74) is 1.06. The molecule has 1 aliphatic heterocycles. The van der Waals surface area contributed by atoms with Crippen molar-refractivity contribution in [1.82, 2.24) is 4.90 Å². The van der Waals surface area contributed by atoms with Gasteiger partial charge in [0.25, 0.3) is 11.8 Å². The van der Waals surface area contributed by atoms with Crippen LogP contribution in [0.1, 0.15) is 45.5 Å². The molecule has 1 saturated carbocycles. The first-order valence-corrected chi connectivity index (χ1v) is 9.74. The number of Topliss-reactive ketones (excluding diaryl/α,β-unsaturated/α-hetero) is 2. The summed E-state index contributed by atoms with van der Waals surface area (Å²) in [7, 11) is 0. The Morgan fingerprint density at radius 2 is 1.79 bits per heavy atom. The number of imide groups is 1. The number of halogens is 2. The Balaban J connectivity index is 1.60. The quantitative estimate of drug-likeness (QED) is 0.542. The lowest BCUT2D eigenvalue weighted by Crippen LogP contribution is -2.47. The summed E-state index contributed by atoms with van der Waals surface area (Å²) in [5, 5.41) is 0.803. The molecule has 6 nitrogen and oxygen atoms in total. The summed E-state index contributed by atoms with van der Waals surface area (Å²) in [6.07, 6.45) is 0.0752. The van der Waals surface area contributed by atoms with Gasteiger partial charge in [-0.05, 0) is 36.2 Å². The minimum Gasteiger partial charge on any atom is -0.488 e. The molecule has 2 aromatic carbocycles. The van der Waals surface area contributed by atoms with Crippen LogP contribution >= 0.6 is 23.2 Å². The van der Waals surface area contributed by atoms with Crippen LogP contribution in [0.25, 0.3) is 0 Å². The lowest BCUT2D eigenvalue weighted by Gasteiger charge is -2.27. The average molecular weight is 432 g/mol. The van der Waals surface area contributed by atoms with E-state index in [1.807, 2.05) is 0 Å². The second-order valence-electron chi connectivity index (χ2n) is 6.93. The molecule has 2 amide bonds. The van der Waals surface area contributed by atoms with Crippen molar-refractivity contribution in [3.63, 3.8) is 0 Å². The number of amides is 2. The van der Waals surface area contributed by atoms with E-state index in [2.05, 4.69) is 0 Å². The molecule has 0 N–H and O–H groups in total. The maximum atomic E-state index is 13.0. The zero-order chi connectivity index (χ0) is 20.7. The van der Waals surface area contributed by atoms with Gasteiger partial charge in [-0.2, -0.15) is 0 Å². The van der Waals surface area contributed by atoms with Gasteiger partial charge in [-0.1, -0.05) is 35.3 Å². The molecule has 4 rings (SSSR count). The van der Waals surface area contributed by atoms with E-state index in [1.54, 1.807) is 30.3 Å².